The molecule has 6 nitrogen and oxygen atoms in total. The third-order valence-electron chi connectivity index (χ3n) is 5.67. The number of aromatic nitrogens is 3. The SMILES string of the molecule is Cc1nc(C2(NC(=O)/C=C/c3cc(C)n(-c4ccccc4)c3C)CCCC2)no1. The number of aryl methyl sites for hydroxylation is 2. The molecule has 6 heteroatoms. The van der Waals surface area contributed by atoms with E-state index in [0.717, 1.165) is 48.3 Å². The van der Waals surface area contributed by atoms with Crippen molar-refractivity contribution in [3.05, 3.63) is 71.1 Å². The van der Waals surface area contributed by atoms with Gasteiger partial charge in [0.1, 0.15) is 5.54 Å². The Morgan fingerprint density at radius 3 is 2.55 bits per heavy atom. The van der Waals surface area contributed by atoms with Crippen molar-refractivity contribution >= 4 is 12.0 Å². The molecule has 3 aromatic rings. The number of carbonyl (C=O) groups excluding carboxylic acids is 1. The van der Waals surface area contributed by atoms with Crippen molar-refractivity contribution in [3.8, 4) is 5.69 Å². The van der Waals surface area contributed by atoms with Gasteiger partial charge in [-0.2, -0.15) is 4.98 Å². The summed E-state index contributed by atoms with van der Waals surface area (Å²) in [6.45, 7) is 5.91. The molecule has 1 amide bonds. The molecule has 0 radical (unpaired) electrons. The third-order valence-corrected chi connectivity index (χ3v) is 5.67. The smallest absolute Gasteiger partial charge is 0.244 e. The van der Waals surface area contributed by atoms with Gasteiger partial charge in [-0.15, -0.1) is 0 Å². The molecule has 4 rings (SSSR count). The van der Waals surface area contributed by atoms with Crippen LogP contribution in [0.1, 0.15) is 54.3 Å². The average Bonchev–Trinajstić information content (AvgIpc) is 3.41. The normalized spacial score (nSPS) is 15.8. The number of amides is 1. The molecule has 29 heavy (non-hydrogen) atoms. The van der Waals surface area contributed by atoms with Crippen LogP contribution in [-0.2, 0) is 10.3 Å². The lowest BCUT2D eigenvalue weighted by molar-refractivity contribution is -0.118. The van der Waals surface area contributed by atoms with Crippen molar-refractivity contribution in [1.82, 2.24) is 20.0 Å². The van der Waals surface area contributed by atoms with Crippen LogP contribution < -0.4 is 5.32 Å². The van der Waals surface area contributed by atoms with E-state index < -0.39 is 5.54 Å². The van der Waals surface area contributed by atoms with E-state index in [1.807, 2.05) is 24.3 Å². The molecule has 0 bridgehead atoms. The number of hydrogen-bond acceptors (Lipinski definition) is 4. The first-order valence-electron chi connectivity index (χ1n) is 10.0. The summed E-state index contributed by atoms with van der Waals surface area (Å²) < 4.78 is 7.35. The summed E-state index contributed by atoms with van der Waals surface area (Å²) in [6.07, 6.45) is 7.21. The highest BCUT2D eigenvalue weighted by molar-refractivity contribution is 5.92. The summed E-state index contributed by atoms with van der Waals surface area (Å²) in [7, 11) is 0. The maximum Gasteiger partial charge on any atom is 0.244 e. The van der Waals surface area contributed by atoms with Crippen LogP contribution in [0.3, 0.4) is 0 Å². The van der Waals surface area contributed by atoms with Crippen LogP contribution in [0.2, 0.25) is 0 Å². The second-order valence-electron chi connectivity index (χ2n) is 7.75. The number of para-hydroxylation sites is 1. The van der Waals surface area contributed by atoms with Crippen LogP contribution >= 0.6 is 0 Å². The number of nitrogens with one attached hydrogen (secondary N) is 1. The highest BCUT2D eigenvalue weighted by Crippen LogP contribution is 2.37. The Balaban J connectivity index is 1.54. The van der Waals surface area contributed by atoms with E-state index in [1.165, 1.54) is 0 Å². The second-order valence-corrected chi connectivity index (χ2v) is 7.75. The molecular formula is C23H26N4O2. The van der Waals surface area contributed by atoms with Gasteiger partial charge in [-0.05, 0) is 56.5 Å². The van der Waals surface area contributed by atoms with E-state index >= 15 is 0 Å². The quantitative estimate of drug-likeness (QED) is 0.656. The first-order chi connectivity index (χ1) is 14.0. The van der Waals surface area contributed by atoms with Crippen molar-refractivity contribution in [2.75, 3.05) is 0 Å². The average molecular weight is 390 g/mol. The molecule has 1 saturated carbocycles. The van der Waals surface area contributed by atoms with E-state index in [2.05, 4.69) is 52.1 Å². The molecule has 2 aromatic heterocycles. The van der Waals surface area contributed by atoms with Gasteiger partial charge in [-0.1, -0.05) is 36.2 Å². The summed E-state index contributed by atoms with van der Waals surface area (Å²) in [6, 6.07) is 12.3. The van der Waals surface area contributed by atoms with Gasteiger partial charge < -0.3 is 14.4 Å². The molecule has 1 aliphatic carbocycles. The van der Waals surface area contributed by atoms with Gasteiger partial charge in [0.15, 0.2) is 5.82 Å². The van der Waals surface area contributed by atoms with Gasteiger partial charge in [0.05, 0.1) is 0 Å². The minimum Gasteiger partial charge on any atom is -0.340 e. The first-order valence-corrected chi connectivity index (χ1v) is 10.0. The van der Waals surface area contributed by atoms with Gasteiger partial charge in [0.2, 0.25) is 11.8 Å². The van der Waals surface area contributed by atoms with Crippen LogP contribution in [0.15, 0.2) is 47.0 Å². The van der Waals surface area contributed by atoms with Crippen LogP contribution in [0.4, 0.5) is 0 Å². The molecule has 0 atom stereocenters. The Hall–Kier alpha value is -3.15. The number of rotatable bonds is 5. The monoisotopic (exact) mass is 390 g/mol. The van der Waals surface area contributed by atoms with Crippen molar-refractivity contribution in [2.45, 2.75) is 52.0 Å². The molecule has 0 saturated heterocycles. The predicted molar refractivity (Wildman–Crippen MR) is 112 cm³/mol. The lowest BCUT2D eigenvalue weighted by Gasteiger charge is -2.25. The third kappa shape index (κ3) is 3.75. The molecule has 2 heterocycles. The van der Waals surface area contributed by atoms with Gasteiger partial charge in [-0.3, -0.25) is 4.79 Å². The zero-order valence-corrected chi connectivity index (χ0v) is 17.1. The molecule has 0 aliphatic heterocycles. The molecular weight excluding hydrogens is 364 g/mol. The second kappa shape index (κ2) is 7.70. The van der Waals surface area contributed by atoms with Crippen molar-refractivity contribution < 1.29 is 9.32 Å². The Morgan fingerprint density at radius 2 is 1.90 bits per heavy atom. The minimum absolute atomic E-state index is 0.140. The van der Waals surface area contributed by atoms with Crippen molar-refractivity contribution in [2.24, 2.45) is 0 Å². The summed E-state index contributed by atoms with van der Waals surface area (Å²) in [5, 5.41) is 7.22. The molecule has 1 aliphatic rings. The van der Waals surface area contributed by atoms with Crippen LogP contribution in [0.25, 0.3) is 11.8 Å². The minimum atomic E-state index is -0.528. The molecule has 150 valence electrons. The van der Waals surface area contributed by atoms with Gasteiger partial charge >= 0.3 is 0 Å². The largest absolute Gasteiger partial charge is 0.340 e. The maximum atomic E-state index is 12.7. The predicted octanol–water partition coefficient (Wildman–Crippen LogP) is 4.38. The highest BCUT2D eigenvalue weighted by Gasteiger charge is 2.40. The van der Waals surface area contributed by atoms with Gasteiger partial charge in [0.25, 0.3) is 0 Å². The molecule has 0 unspecified atom stereocenters. The van der Waals surface area contributed by atoms with Crippen molar-refractivity contribution in [1.29, 1.82) is 0 Å². The molecule has 1 N–H and O–H groups in total. The number of carbonyl (C=O) groups is 1. The fraction of sp³-hybridized carbons (Fsp3) is 0.348. The van der Waals surface area contributed by atoms with Crippen molar-refractivity contribution in [3.63, 3.8) is 0 Å². The zero-order valence-electron chi connectivity index (χ0n) is 17.1. The lowest BCUT2D eigenvalue weighted by atomic mass is 9.96. The summed E-state index contributed by atoms with van der Waals surface area (Å²) in [4.78, 5) is 17.1. The summed E-state index contributed by atoms with van der Waals surface area (Å²) >= 11 is 0. The maximum absolute atomic E-state index is 12.7. The fourth-order valence-electron chi connectivity index (χ4n) is 4.25. The summed E-state index contributed by atoms with van der Waals surface area (Å²) in [5.74, 6) is 0.958. The Kier molecular flexibility index (Phi) is 5.09. The zero-order chi connectivity index (χ0) is 20.4. The standard InChI is InChI=1S/C23H26N4O2/c1-16-15-19(17(2)27(16)20-9-5-4-6-10-20)11-12-21(28)25-23(13-7-8-14-23)22-24-18(3)29-26-22/h4-6,9-12,15H,7-8,13-14H2,1-3H3,(H,25,28)/b12-11+. The van der Waals surface area contributed by atoms with Crippen LogP contribution in [-0.4, -0.2) is 20.6 Å². The number of hydrogen-bond donors (Lipinski definition) is 1. The van der Waals surface area contributed by atoms with E-state index in [1.54, 1.807) is 13.0 Å². The van der Waals surface area contributed by atoms with Gasteiger partial charge in [0, 0.05) is 30.1 Å². The molecule has 0 spiro atoms. The van der Waals surface area contributed by atoms with Crippen LogP contribution in [0, 0.1) is 20.8 Å². The molecule has 1 aromatic carbocycles. The van der Waals surface area contributed by atoms with Crippen LogP contribution in [0.5, 0.6) is 0 Å². The van der Waals surface area contributed by atoms with E-state index in [4.69, 9.17) is 4.52 Å². The number of nitrogens with zero attached hydrogens (tertiary/aromatic N) is 3. The van der Waals surface area contributed by atoms with Gasteiger partial charge in [-0.25, -0.2) is 0 Å². The van der Waals surface area contributed by atoms with E-state index in [0.29, 0.717) is 11.7 Å². The molecule has 1 fully saturated rings. The first kappa shape index (κ1) is 19.2. The van der Waals surface area contributed by atoms with E-state index in [-0.39, 0.29) is 5.91 Å². The topological polar surface area (TPSA) is 73.0 Å². The number of benzene rings is 1. The Morgan fingerprint density at radius 1 is 1.17 bits per heavy atom. The highest BCUT2D eigenvalue weighted by atomic mass is 16.5. The van der Waals surface area contributed by atoms with E-state index in [9.17, 15) is 4.79 Å². The Bertz CT molecular complexity index is 1040. The fourth-order valence-corrected chi connectivity index (χ4v) is 4.25. The summed E-state index contributed by atoms with van der Waals surface area (Å²) in [5.41, 5.74) is 3.84. The lowest BCUT2D eigenvalue weighted by Crippen LogP contribution is -2.44. The Labute approximate surface area is 170 Å².